The summed E-state index contributed by atoms with van der Waals surface area (Å²) in [6.45, 7) is 5.62. The Hall–Kier alpha value is -1.40. The van der Waals surface area contributed by atoms with Gasteiger partial charge in [-0.15, -0.1) is 0 Å². The summed E-state index contributed by atoms with van der Waals surface area (Å²) < 4.78 is 22.7. The quantitative estimate of drug-likeness (QED) is 0.834. The number of hydrogen-bond acceptors (Lipinski definition) is 3. The zero-order valence-electron chi connectivity index (χ0n) is 10.1. The highest BCUT2D eigenvalue weighted by atomic mass is 32.2. The Labute approximate surface area is 101 Å². The van der Waals surface area contributed by atoms with Crippen LogP contribution in [-0.4, -0.2) is 20.9 Å². The molecule has 0 aliphatic heterocycles. The van der Waals surface area contributed by atoms with Gasteiger partial charge in [-0.25, -0.2) is 13.6 Å². The zero-order chi connectivity index (χ0) is 13.2. The van der Waals surface area contributed by atoms with Crippen LogP contribution in [0.3, 0.4) is 0 Å². The average Bonchev–Trinajstić information content (AvgIpc) is 2.15. The molecule has 0 aliphatic rings. The van der Waals surface area contributed by atoms with Crippen LogP contribution in [0.15, 0.2) is 17.0 Å². The molecule has 0 fully saturated rings. The standard InChI is InChI=1S/C11H16N2O3S/c1-4-13-11(14)10-7(2)5-6-9(8(10)3)17(12,15)16/h5-6H,4H2,1-3H3,(H,13,14)(H2,12,15,16). The smallest absolute Gasteiger partial charge is 0.251 e. The largest absolute Gasteiger partial charge is 0.352 e. The van der Waals surface area contributed by atoms with E-state index >= 15 is 0 Å². The Morgan fingerprint density at radius 3 is 2.41 bits per heavy atom. The molecule has 94 valence electrons. The molecule has 0 unspecified atom stereocenters. The van der Waals surface area contributed by atoms with Crippen molar-refractivity contribution in [3.8, 4) is 0 Å². The van der Waals surface area contributed by atoms with E-state index in [1.807, 2.05) is 0 Å². The van der Waals surface area contributed by atoms with E-state index in [0.29, 0.717) is 17.7 Å². The maximum absolute atomic E-state index is 11.8. The lowest BCUT2D eigenvalue weighted by Crippen LogP contribution is -2.25. The summed E-state index contributed by atoms with van der Waals surface area (Å²) in [7, 11) is -3.80. The molecular weight excluding hydrogens is 240 g/mol. The predicted octanol–water partition coefficient (Wildman–Crippen LogP) is 0.701. The van der Waals surface area contributed by atoms with Crippen LogP contribution >= 0.6 is 0 Å². The fourth-order valence-corrected chi connectivity index (χ4v) is 2.52. The Bertz CT molecular complexity index is 550. The van der Waals surface area contributed by atoms with Gasteiger partial charge in [0.05, 0.1) is 4.90 Å². The molecule has 0 heterocycles. The number of nitrogens with one attached hydrogen (secondary N) is 1. The monoisotopic (exact) mass is 256 g/mol. The molecule has 0 aromatic heterocycles. The lowest BCUT2D eigenvalue weighted by atomic mass is 10.0. The summed E-state index contributed by atoms with van der Waals surface area (Å²) in [4.78, 5) is 11.8. The highest BCUT2D eigenvalue weighted by molar-refractivity contribution is 7.89. The van der Waals surface area contributed by atoms with Gasteiger partial charge in [0.1, 0.15) is 0 Å². The van der Waals surface area contributed by atoms with E-state index in [0.717, 1.165) is 5.56 Å². The van der Waals surface area contributed by atoms with Crippen molar-refractivity contribution >= 4 is 15.9 Å². The number of sulfonamides is 1. The van der Waals surface area contributed by atoms with Crippen molar-refractivity contribution in [3.63, 3.8) is 0 Å². The molecule has 17 heavy (non-hydrogen) atoms. The van der Waals surface area contributed by atoms with Crippen molar-refractivity contribution < 1.29 is 13.2 Å². The average molecular weight is 256 g/mol. The molecule has 0 saturated heterocycles. The number of hydrogen-bond donors (Lipinski definition) is 2. The minimum absolute atomic E-state index is 0.00986. The van der Waals surface area contributed by atoms with Gasteiger partial charge in [0.25, 0.3) is 5.91 Å². The van der Waals surface area contributed by atoms with Crippen molar-refractivity contribution in [2.24, 2.45) is 5.14 Å². The Balaban J connectivity index is 3.46. The van der Waals surface area contributed by atoms with Gasteiger partial charge in [0.2, 0.25) is 10.0 Å². The maximum Gasteiger partial charge on any atom is 0.251 e. The van der Waals surface area contributed by atoms with E-state index in [9.17, 15) is 13.2 Å². The summed E-state index contributed by atoms with van der Waals surface area (Å²) in [6, 6.07) is 3.00. The van der Waals surface area contributed by atoms with E-state index in [4.69, 9.17) is 5.14 Å². The molecule has 1 rings (SSSR count). The van der Waals surface area contributed by atoms with Crippen LogP contribution in [0.4, 0.5) is 0 Å². The Morgan fingerprint density at radius 2 is 1.94 bits per heavy atom. The van der Waals surface area contributed by atoms with Gasteiger partial charge in [-0.1, -0.05) is 6.07 Å². The van der Waals surface area contributed by atoms with Crippen LogP contribution < -0.4 is 10.5 Å². The SMILES string of the molecule is CCNC(=O)c1c(C)ccc(S(N)(=O)=O)c1C. The fraction of sp³-hybridized carbons (Fsp3) is 0.364. The van der Waals surface area contributed by atoms with Gasteiger partial charge >= 0.3 is 0 Å². The molecule has 1 aromatic rings. The first-order chi connectivity index (χ1) is 7.79. The zero-order valence-corrected chi connectivity index (χ0v) is 10.9. The van der Waals surface area contributed by atoms with Gasteiger partial charge < -0.3 is 5.32 Å². The third-order valence-corrected chi connectivity index (χ3v) is 3.55. The van der Waals surface area contributed by atoms with Crippen molar-refractivity contribution in [2.45, 2.75) is 25.7 Å². The Kier molecular flexibility index (Phi) is 3.90. The molecule has 0 radical (unpaired) electrons. The lowest BCUT2D eigenvalue weighted by molar-refractivity contribution is 0.0954. The van der Waals surface area contributed by atoms with Gasteiger partial charge in [0, 0.05) is 12.1 Å². The van der Waals surface area contributed by atoms with E-state index in [2.05, 4.69) is 5.32 Å². The van der Waals surface area contributed by atoms with E-state index in [-0.39, 0.29) is 10.8 Å². The van der Waals surface area contributed by atoms with Crippen LogP contribution in [0.1, 0.15) is 28.4 Å². The highest BCUT2D eigenvalue weighted by Gasteiger charge is 2.19. The van der Waals surface area contributed by atoms with Gasteiger partial charge in [-0.05, 0) is 38.0 Å². The number of rotatable bonds is 3. The molecule has 1 amide bonds. The number of benzene rings is 1. The van der Waals surface area contributed by atoms with Crippen LogP contribution in [-0.2, 0) is 10.0 Å². The maximum atomic E-state index is 11.8. The molecule has 0 bridgehead atoms. The van der Waals surface area contributed by atoms with E-state index < -0.39 is 10.0 Å². The normalized spacial score (nSPS) is 11.3. The van der Waals surface area contributed by atoms with Crippen molar-refractivity contribution in [1.29, 1.82) is 0 Å². The minimum atomic E-state index is -3.80. The summed E-state index contributed by atoms with van der Waals surface area (Å²) in [5, 5.41) is 7.74. The molecule has 0 saturated carbocycles. The summed E-state index contributed by atoms with van der Waals surface area (Å²) in [6.07, 6.45) is 0. The Morgan fingerprint density at radius 1 is 1.35 bits per heavy atom. The molecule has 0 atom stereocenters. The predicted molar refractivity (Wildman–Crippen MR) is 65.3 cm³/mol. The molecule has 3 N–H and O–H groups in total. The first kappa shape index (κ1) is 13.7. The van der Waals surface area contributed by atoms with Gasteiger partial charge in [0.15, 0.2) is 0 Å². The number of carbonyl (C=O) groups excluding carboxylic acids is 1. The third kappa shape index (κ3) is 2.83. The van der Waals surface area contributed by atoms with Crippen LogP contribution in [0.2, 0.25) is 0 Å². The molecular formula is C11H16N2O3S. The molecule has 6 heteroatoms. The van der Waals surface area contributed by atoms with E-state index in [1.165, 1.54) is 6.07 Å². The third-order valence-electron chi connectivity index (χ3n) is 2.49. The first-order valence-electron chi connectivity index (χ1n) is 5.20. The number of carbonyl (C=O) groups is 1. The summed E-state index contributed by atoms with van der Waals surface area (Å²) in [5.74, 6) is -0.284. The number of primary sulfonamides is 1. The first-order valence-corrected chi connectivity index (χ1v) is 6.74. The van der Waals surface area contributed by atoms with Crippen molar-refractivity contribution in [3.05, 3.63) is 28.8 Å². The van der Waals surface area contributed by atoms with Gasteiger partial charge in [-0.2, -0.15) is 0 Å². The van der Waals surface area contributed by atoms with Crippen molar-refractivity contribution in [1.82, 2.24) is 5.32 Å². The fourth-order valence-electron chi connectivity index (χ4n) is 1.73. The number of amides is 1. The minimum Gasteiger partial charge on any atom is -0.352 e. The molecule has 5 nitrogen and oxygen atoms in total. The van der Waals surface area contributed by atoms with Crippen molar-refractivity contribution in [2.75, 3.05) is 6.54 Å². The summed E-state index contributed by atoms with van der Waals surface area (Å²) >= 11 is 0. The second-order valence-electron chi connectivity index (χ2n) is 3.79. The highest BCUT2D eigenvalue weighted by Crippen LogP contribution is 2.21. The van der Waals surface area contributed by atoms with Crippen LogP contribution in [0.25, 0.3) is 0 Å². The number of aryl methyl sites for hydroxylation is 1. The van der Waals surface area contributed by atoms with Gasteiger partial charge in [-0.3, -0.25) is 4.79 Å². The second-order valence-corrected chi connectivity index (χ2v) is 5.31. The number of nitrogens with two attached hydrogens (primary N) is 1. The molecule has 0 spiro atoms. The topological polar surface area (TPSA) is 89.3 Å². The second kappa shape index (κ2) is 4.85. The summed E-state index contributed by atoms with van der Waals surface area (Å²) in [5.41, 5.74) is 1.48. The van der Waals surface area contributed by atoms with E-state index in [1.54, 1.807) is 26.8 Å². The molecule has 0 aliphatic carbocycles. The molecule has 1 aromatic carbocycles. The van der Waals surface area contributed by atoms with Crippen LogP contribution in [0, 0.1) is 13.8 Å². The van der Waals surface area contributed by atoms with Crippen LogP contribution in [0.5, 0.6) is 0 Å². The lowest BCUT2D eigenvalue weighted by Gasteiger charge is -2.12.